The molecule has 0 amide bonds. The fourth-order valence-electron chi connectivity index (χ4n) is 4.23. The van der Waals surface area contributed by atoms with Crippen molar-refractivity contribution in [2.75, 3.05) is 20.3 Å². The first-order chi connectivity index (χ1) is 16.4. The number of rotatable bonds is 7. The third-order valence-corrected chi connectivity index (χ3v) is 6.04. The van der Waals surface area contributed by atoms with E-state index in [0.717, 1.165) is 22.3 Å². The monoisotopic (exact) mass is 468 g/mol. The fourth-order valence-corrected chi connectivity index (χ4v) is 4.23. The summed E-state index contributed by atoms with van der Waals surface area (Å²) in [6.07, 6.45) is -6.07. The van der Waals surface area contributed by atoms with Gasteiger partial charge in [-0.25, -0.2) is 4.79 Å². The van der Waals surface area contributed by atoms with E-state index in [-0.39, 0.29) is 12.4 Å². The molecule has 1 fully saturated rings. The van der Waals surface area contributed by atoms with Gasteiger partial charge >= 0.3 is 5.97 Å². The average Bonchev–Trinajstić information content (AvgIpc) is 3.09. The number of benzene rings is 1. The van der Waals surface area contributed by atoms with Gasteiger partial charge in [0.1, 0.15) is 36.3 Å². The summed E-state index contributed by atoms with van der Waals surface area (Å²) in [5.74, 6) is -0.321. The second kappa shape index (κ2) is 10.5. The van der Waals surface area contributed by atoms with Crippen LogP contribution in [0.2, 0.25) is 0 Å². The lowest BCUT2D eigenvalue weighted by Crippen LogP contribution is -2.55. The first kappa shape index (κ1) is 24.1. The second-order valence-electron chi connectivity index (χ2n) is 8.35. The van der Waals surface area contributed by atoms with Gasteiger partial charge in [-0.2, -0.15) is 0 Å². The van der Waals surface area contributed by atoms with Crippen LogP contribution in [0.5, 0.6) is 5.75 Å². The van der Waals surface area contributed by atoms with Crippen LogP contribution in [0.25, 0.3) is 11.1 Å². The third-order valence-electron chi connectivity index (χ3n) is 6.04. The summed E-state index contributed by atoms with van der Waals surface area (Å²) in [6, 6.07) is 19.5. The van der Waals surface area contributed by atoms with E-state index in [9.17, 15) is 25.2 Å². The number of hydrogen-bond acceptors (Lipinski definition) is 8. The fraction of sp³-hybridized carbons (Fsp3) is 0.346. The number of carbonyl (C=O) groups is 1. The van der Waals surface area contributed by atoms with Crippen LogP contribution < -0.4 is 4.74 Å². The number of esters is 1. The Labute approximate surface area is 197 Å². The Kier molecular flexibility index (Phi) is 7.45. The Bertz CT molecular complexity index is 1070. The van der Waals surface area contributed by atoms with Gasteiger partial charge in [0, 0.05) is 5.56 Å². The van der Waals surface area contributed by atoms with E-state index in [1.807, 2.05) is 36.4 Å². The molecule has 1 heterocycles. The Morgan fingerprint density at radius 1 is 0.912 bits per heavy atom. The van der Waals surface area contributed by atoms with Gasteiger partial charge in [-0.05, 0) is 40.8 Å². The van der Waals surface area contributed by atoms with E-state index in [1.54, 1.807) is 12.1 Å². The lowest BCUT2D eigenvalue weighted by molar-refractivity contribution is -0.232. The van der Waals surface area contributed by atoms with E-state index >= 15 is 0 Å². The molecule has 0 bridgehead atoms. The molecule has 1 saturated heterocycles. The van der Waals surface area contributed by atoms with Gasteiger partial charge in [0.2, 0.25) is 0 Å². The summed E-state index contributed by atoms with van der Waals surface area (Å²) in [4.78, 5) is 11.6. The highest BCUT2D eigenvalue weighted by Gasteiger charge is 2.45. The maximum absolute atomic E-state index is 11.6. The van der Waals surface area contributed by atoms with Crippen molar-refractivity contribution in [3.63, 3.8) is 0 Å². The predicted molar refractivity (Wildman–Crippen MR) is 123 cm³/mol. The van der Waals surface area contributed by atoms with E-state index in [0.29, 0.717) is 12.0 Å². The molecule has 0 spiro atoms. The molecule has 0 unspecified atom stereocenters. The molecular formula is C26H28O8. The highest BCUT2D eigenvalue weighted by molar-refractivity contribution is 5.71. The summed E-state index contributed by atoms with van der Waals surface area (Å²) < 4.78 is 16.0. The van der Waals surface area contributed by atoms with Crippen LogP contribution in [0.4, 0.5) is 0 Å². The molecule has 0 radical (unpaired) electrons. The molecule has 1 aliphatic heterocycles. The van der Waals surface area contributed by atoms with Crippen molar-refractivity contribution >= 4 is 5.97 Å². The Morgan fingerprint density at radius 3 is 2.26 bits per heavy atom. The minimum absolute atomic E-state index is 0.262. The van der Waals surface area contributed by atoms with Crippen molar-refractivity contribution in [1.29, 1.82) is 0 Å². The van der Waals surface area contributed by atoms with Crippen LogP contribution in [0.3, 0.4) is 0 Å². The van der Waals surface area contributed by atoms with Crippen molar-refractivity contribution in [3.8, 4) is 16.9 Å². The Hall–Kier alpha value is -3.01. The zero-order valence-corrected chi connectivity index (χ0v) is 18.7. The van der Waals surface area contributed by atoms with Crippen LogP contribution in [-0.2, 0) is 20.7 Å². The van der Waals surface area contributed by atoms with E-state index in [1.165, 1.54) is 7.11 Å². The molecule has 5 atom stereocenters. The maximum Gasteiger partial charge on any atom is 0.343 e. The lowest BCUT2D eigenvalue weighted by atomic mass is 9.89. The molecule has 2 aliphatic carbocycles. The largest absolute Gasteiger partial charge is 0.482 e. The molecule has 4 N–H and O–H groups in total. The predicted octanol–water partition coefficient (Wildman–Crippen LogP) is 1.45. The normalized spacial score (nSPS) is 24.7. The quantitative estimate of drug-likeness (QED) is 0.384. The summed E-state index contributed by atoms with van der Waals surface area (Å²) in [5.41, 5.74) is 4.60. The van der Waals surface area contributed by atoms with Gasteiger partial charge in [0.15, 0.2) is 6.61 Å². The van der Waals surface area contributed by atoms with Gasteiger partial charge in [0.05, 0.1) is 13.7 Å². The molecule has 34 heavy (non-hydrogen) atoms. The van der Waals surface area contributed by atoms with E-state index in [2.05, 4.69) is 16.9 Å². The first-order valence-electron chi connectivity index (χ1n) is 11.0. The van der Waals surface area contributed by atoms with E-state index in [4.69, 9.17) is 9.47 Å². The van der Waals surface area contributed by atoms with Gasteiger partial charge in [-0.15, -0.1) is 0 Å². The number of aliphatic hydroxyl groups is 4. The molecule has 0 aromatic heterocycles. The number of ether oxygens (including phenoxy) is 3. The Balaban J connectivity index is 1.67. The highest BCUT2D eigenvalue weighted by Crippen LogP contribution is 2.38. The standard InChI is InChI=1S/C26H28O8/c1-32-22(28)14-33-20-8-7-15(9-16-10-17-5-3-2-4-6-18(17)11-16)12-19(20)26-25(31)24(30)23(29)21(13-27)34-26/h2-8,10-12,21,23-27,29-31H,9,13-14H2,1H3/t21-,23-,24+,25-,26+/m1/s1. The second-order valence-corrected chi connectivity index (χ2v) is 8.35. The molecule has 1 aromatic carbocycles. The van der Waals surface area contributed by atoms with Crippen LogP contribution in [0.15, 0.2) is 60.7 Å². The number of carbonyl (C=O) groups excluding carboxylic acids is 1. The topological polar surface area (TPSA) is 126 Å². The number of fused-ring (bicyclic) bond motifs is 1. The SMILES string of the molecule is COC(=O)COc1ccc(Cc2cc3cccccc-3c2)cc1[C@@H]1O[C@H](CO)[C@@H](O)[C@H](O)[C@H]1O. The van der Waals surface area contributed by atoms with Crippen molar-refractivity contribution in [2.45, 2.75) is 36.9 Å². The maximum atomic E-state index is 11.6. The van der Waals surface area contributed by atoms with Crippen molar-refractivity contribution in [1.82, 2.24) is 0 Å². The zero-order chi connectivity index (χ0) is 24.2. The molecule has 3 aliphatic rings. The number of hydrogen-bond donors (Lipinski definition) is 4. The minimum atomic E-state index is -1.53. The van der Waals surface area contributed by atoms with Crippen LogP contribution in [0.1, 0.15) is 22.8 Å². The van der Waals surface area contributed by atoms with Crippen LogP contribution in [0, 0.1) is 0 Å². The summed E-state index contributed by atoms with van der Waals surface area (Å²) in [7, 11) is 1.25. The third kappa shape index (κ3) is 5.06. The molecule has 8 heteroatoms. The summed E-state index contributed by atoms with van der Waals surface area (Å²) in [6.45, 7) is -0.900. The number of methoxy groups -OCH3 is 1. The molecule has 4 rings (SSSR count). The van der Waals surface area contributed by atoms with E-state index < -0.39 is 43.1 Å². The average molecular weight is 469 g/mol. The first-order valence-corrected chi connectivity index (χ1v) is 11.0. The lowest BCUT2D eigenvalue weighted by Gasteiger charge is -2.40. The smallest absolute Gasteiger partial charge is 0.343 e. The van der Waals surface area contributed by atoms with Gasteiger partial charge < -0.3 is 34.6 Å². The summed E-state index contributed by atoms with van der Waals surface area (Å²) >= 11 is 0. The molecule has 8 nitrogen and oxygen atoms in total. The van der Waals surface area contributed by atoms with Crippen molar-refractivity contribution < 1.29 is 39.4 Å². The Morgan fingerprint density at radius 2 is 1.62 bits per heavy atom. The molecule has 0 saturated carbocycles. The molecule has 180 valence electrons. The highest BCUT2D eigenvalue weighted by atomic mass is 16.6. The van der Waals surface area contributed by atoms with Crippen molar-refractivity contribution in [3.05, 3.63) is 77.4 Å². The van der Waals surface area contributed by atoms with Crippen molar-refractivity contribution in [2.24, 2.45) is 0 Å². The van der Waals surface area contributed by atoms with Gasteiger partial charge in [-0.3, -0.25) is 0 Å². The van der Waals surface area contributed by atoms with Crippen LogP contribution in [-0.4, -0.2) is 71.1 Å². The minimum Gasteiger partial charge on any atom is -0.482 e. The summed E-state index contributed by atoms with van der Waals surface area (Å²) in [5, 5.41) is 40.7. The number of aliphatic hydroxyl groups excluding tert-OH is 4. The van der Waals surface area contributed by atoms with Gasteiger partial charge in [-0.1, -0.05) is 48.5 Å². The van der Waals surface area contributed by atoms with Crippen LogP contribution >= 0.6 is 0 Å². The zero-order valence-electron chi connectivity index (χ0n) is 18.7. The molecular weight excluding hydrogens is 440 g/mol. The molecule has 1 aromatic rings. The van der Waals surface area contributed by atoms with Gasteiger partial charge in [0.25, 0.3) is 0 Å².